The molecule has 1 rings (SSSR count). The molecule has 0 aromatic heterocycles. The lowest BCUT2D eigenvalue weighted by molar-refractivity contribution is 0.481. The lowest BCUT2D eigenvalue weighted by Gasteiger charge is -2.12. The van der Waals surface area contributed by atoms with Crippen molar-refractivity contribution in [2.24, 2.45) is 16.1 Å². The SMILES string of the molecule is CC(C)CC1CC=CN=N1. The van der Waals surface area contributed by atoms with Crippen LogP contribution in [0.2, 0.25) is 0 Å². The van der Waals surface area contributed by atoms with Gasteiger partial charge in [0.2, 0.25) is 0 Å². The van der Waals surface area contributed by atoms with Crippen molar-refractivity contribution in [1.82, 2.24) is 0 Å². The molecule has 1 atom stereocenters. The number of hydrogen-bond acceptors (Lipinski definition) is 2. The fraction of sp³-hybridized carbons (Fsp3) is 0.750. The molecule has 0 bridgehead atoms. The van der Waals surface area contributed by atoms with E-state index in [1.165, 1.54) is 0 Å². The Bertz CT molecular complexity index is 147. The van der Waals surface area contributed by atoms with E-state index in [1.807, 2.05) is 0 Å². The van der Waals surface area contributed by atoms with E-state index in [4.69, 9.17) is 0 Å². The molecule has 0 fully saturated rings. The van der Waals surface area contributed by atoms with Crippen molar-refractivity contribution in [1.29, 1.82) is 0 Å². The third-order valence-electron chi connectivity index (χ3n) is 1.55. The Morgan fingerprint density at radius 2 is 2.40 bits per heavy atom. The quantitative estimate of drug-likeness (QED) is 0.560. The third kappa shape index (κ3) is 2.29. The van der Waals surface area contributed by atoms with Gasteiger partial charge >= 0.3 is 0 Å². The summed E-state index contributed by atoms with van der Waals surface area (Å²) in [7, 11) is 0. The monoisotopic (exact) mass is 138 g/mol. The van der Waals surface area contributed by atoms with Crippen LogP contribution in [0, 0.1) is 5.92 Å². The Balaban J connectivity index is 2.30. The predicted molar refractivity (Wildman–Crippen MR) is 41.9 cm³/mol. The second kappa shape index (κ2) is 3.49. The van der Waals surface area contributed by atoms with Crippen LogP contribution in [0.4, 0.5) is 0 Å². The fourth-order valence-corrected chi connectivity index (χ4v) is 1.13. The molecule has 2 heteroatoms. The maximum absolute atomic E-state index is 4.11. The second-order valence-electron chi connectivity index (χ2n) is 3.13. The van der Waals surface area contributed by atoms with Crippen molar-refractivity contribution < 1.29 is 0 Å². The first kappa shape index (κ1) is 7.45. The summed E-state index contributed by atoms with van der Waals surface area (Å²) in [5.74, 6) is 0.732. The molecule has 1 aliphatic heterocycles. The van der Waals surface area contributed by atoms with Crippen LogP contribution in [-0.4, -0.2) is 6.04 Å². The average Bonchev–Trinajstić information content (AvgIpc) is 1.88. The summed E-state index contributed by atoms with van der Waals surface area (Å²) in [5.41, 5.74) is 0. The first-order chi connectivity index (χ1) is 4.79. The lowest BCUT2D eigenvalue weighted by Crippen LogP contribution is -2.07. The summed E-state index contributed by atoms with van der Waals surface area (Å²) in [6.45, 7) is 4.43. The van der Waals surface area contributed by atoms with Crippen molar-refractivity contribution in [2.75, 3.05) is 0 Å². The molecule has 0 N–H and O–H groups in total. The molecule has 1 heterocycles. The minimum atomic E-state index is 0.449. The summed E-state index contributed by atoms with van der Waals surface area (Å²) >= 11 is 0. The van der Waals surface area contributed by atoms with Crippen molar-refractivity contribution in [3.63, 3.8) is 0 Å². The minimum Gasteiger partial charge on any atom is -0.186 e. The van der Waals surface area contributed by atoms with Crippen molar-refractivity contribution >= 4 is 0 Å². The van der Waals surface area contributed by atoms with Crippen LogP contribution in [0.5, 0.6) is 0 Å². The molecule has 0 aliphatic carbocycles. The van der Waals surface area contributed by atoms with E-state index in [0.29, 0.717) is 6.04 Å². The average molecular weight is 138 g/mol. The van der Waals surface area contributed by atoms with E-state index in [9.17, 15) is 0 Å². The molecule has 0 saturated carbocycles. The van der Waals surface area contributed by atoms with Gasteiger partial charge in [0.25, 0.3) is 0 Å². The highest BCUT2D eigenvalue weighted by Gasteiger charge is 2.08. The molecule has 0 radical (unpaired) electrons. The van der Waals surface area contributed by atoms with Gasteiger partial charge in [0.1, 0.15) is 0 Å². The Morgan fingerprint density at radius 3 is 2.90 bits per heavy atom. The summed E-state index contributed by atoms with van der Waals surface area (Å²) in [6.07, 6.45) is 6.09. The minimum absolute atomic E-state index is 0.449. The highest BCUT2D eigenvalue weighted by atomic mass is 15.1. The molecule has 0 aromatic rings. The van der Waals surface area contributed by atoms with Gasteiger partial charge in [-0.1, -0.05) is 19.9 Å². The summed E-state index contributed by atoms with van der Waals surface area (Å²) in [5, 5.41) is 7.96. The summed E-state index contributed by atoms with van der Waals surface area (Å²) in [6, 6.07) is 0.449. The van der Waals surface area contributed by atoms with E-state index < -0.39 is 0 Å². The molecule has 10 heavy (non-hydrogen) atoms. The van der Waals surface area contributed by atoms with E-state index in [2.05, 4.69) is 30.2 Å². The zero-order valence-electron chi connectivity index (χ0n) is 6.62. The van der Waals surface area contributed by atoms with Crippen LogP contribution in [0.25, 0.3) is 0 Å². The van der Waals surface area contributed by atoms with Gasteiger partial charge in [0.15, 0.2) is 0 Å². The zero-order valence-corrected chi connectivity index (χ0v) is 6.62. The van der Waals surface area contributed by atoms with Crippen LogP contribution in [0.1, 0.15) is 26.7 Å². The largest absolute Gasteiger partial charge is 0.186 e. The molecule has 0 amide bonds. The van der Waals surface area contributed by atoms with E-state index in [0.717, 1.165) is 18.8 Å². The number of rotatable bonds is 2. The first-order valence-corrected chi connectivity index (χ1v) is 3.84. The third-order valence-corrected chi connectivity index (χ3v) is 1.55. The maximum atomic E-state index is 4.11. The molecule has 0 spiro atoms. The van der Waals surface area contributed by atoms with Gasteiger partial charge in [-0.2, -0.15) is 10.2 Å². The van der Waals surface area contributed by atoms with Crippen molar-refractivity contribution in [2.45, 2.75) is 32.7 Å². The Hall–Kier alpha value is -0.660. The van der Waals surface area contributed by atoms with Gasteiger partial charge in [-0.3, -0.25) is 0 Å². The maximum Gasteiger partial charge on any atom is 0.0750 e. The Kier molecular flexibility index (Phi) is 2.60. The zero-order chi connectivity index (χ0) is 7.40. The van der Waals surface area contributed by atoms with E-state index in [1.54, 1.807) is 6.20 Å². The van der Waals surface area contributed by atoms with Gasteiger partial charge in [0.05, 0.1) is 6.04 Å². The highest BCUT2D eigenvalue weighted by Crippen LogP contribution is 2.15. The molecule has 2 nitrogen and oxygen atoms in total. The van der Waals surface area contributed by atoms with Crippen molar-refractivity contribution in [3.05, 3.63) is 12.3 Å². The lowest BCUT2D eigenvalue weighted by atomic mass is 10.0. The summed E-state index contributed by atoms with van der Waals surface area (Å²) in [4.78, 5) is 0. The van der Waals surface area contributed by atoms with E-state index >= 15 is 0 Å². The second-order valence-corrected chi connectivity index (χ2v) is 3.13. The number of azo groups is 1. The molecular formula is C8H14N2. The normalized spacial score (nSPS) is 24.1. The molecular weight excluding hydrogens is 124 g/mol. The number of hydrogen-bond donors (Lipinski definition) is 0. The van der Waals surface area contributed by atoms with Crippen molar-refractivity contribution in [3.8, 4) is 0 Å². The highest BCUT2D eigenvalue weighted by molar-refractivity contribution is 4.88. The van der Waals surface area contributed by atoms with Gasteiger partial charge in [-0.05, 0) is 18.8 Å². The first-order valence-electron chi connectivity index (χ1n) is 3.84. The Labute approximate surface area is 62.0 Å². The van der Waals surface area contributed by atoms with Crippen LogP contribution in [0.3, 0.4) is 0 Å². The Morgan fingerprint density at radius 1 is 1.60 bits per heavy atom. The van der Waals surface area contributed by atoms with Gasteiger partial charge in [0, 0.05) is 6.20 Å². The topological polar surface area (TPSA) is 24.7 Å². The molecule has 56 valence electrons. The van der Waals surface area contributed by atoms with Crippen LogP contribution in [-0.2, 0) is 0 Å². The van der Waals surface area contributed by atoms with Gasteiger partial charge < -0.3 is 0 Å². The van der Waals surface area contributed by atoms with E-state index in [-0.39, 0.29) is 0 Å². The molecule has 0 saturated heterocycles. The molecule has 1 unspecified atom stereocenters. The predicted octanol–water partition coefficient (Wildman–Crippen LogP) is 2.77. The smallest absolute Gasteiger partial charge is 0.0750 e. The standard InChI is InChI=1S/C8H14N2/c1-7(2)6-8-4-3-5-9-10-8/h3,5,7-8H,4,6H2,1-2H3. The van der Waals surface area contributed by atoms with Crippen LogP contribution in [0.15, 0.2) is 22.5 Å². The fourth-order valence-electron chi connectivity index (χ4n) is 1.13. The van der Waals surface area contributed by atoms with Crippen LogP contribution < -0.4 is 0 Å². The van der Waals surface area contributed by atoms with Gasteiger partial charge in [-0.25, -0.2) is 0 Å². The number of nitrogens with zero attached hydrogens (tertiary/aromatic N) is 2. The molecule has 0 aromatic carbocycles. The summed E-state index contributed by atoms with van der Waals surface area (Å²) < 4.78 is 0. The molecule has 1 aliphatic rings. The van der Waals surface area contributed by atoms with Crippen LogP contribution >= 0.6 is 0 Å². The van der Waals surface area contributed by atoms with Gasteiger partial charge in [-0.15, -0.1) is 0 Å².